The van der Waals surface area contributed by atoms with Crippen molar-refractivity contribution in [3.63, 3.8) is 0 Å². The third-order valence-electron chi connectivity index (χ3n) is 6.93. The molecule has 1 heterocycles. The highest BCUT2D eigenvalue weighted by Gasteiger charge is 2.28. The van der Waals surface area contributed by atoms with Gasteiger partial charge in [0, 0.05) is 24.4 Å². The van der Waals surface area contributed by atoms with Crippen molar-refractivity contribution in [3.05, 3.63) is 44.6 Å². The molecule has 2 aliphatic rings. The van der Waals surface area contributed by atoms with Gasteiger partial charge in [-0.2, -0.15) is 0 Å². The average Bonchev–Trinajstić information content (AvgIpc) is 2.85. The summed E-state index contributed by atoms with van der Waals surface area (Å²) in [6.07, 6.45) is 10.8. The highest BCUT2D eigenvalue weighted by molar-refractivity contribution is 5.85. The van der Waals surface area contributed by atoms with Crippen molar-refractivity contribution >= 4 is 11.9 Å². The Morgan fingerprint density at radius 1 is 0.909 bits per heavy atom. The number of nitrogens with zero attached hydrogens (tertiary/aromatic N) is 3. The van der Waals surface area contributed by atoms with E-state index in [1.807, 2.05) is 0 Å². The zero-order valence-electron chi connectivity index (χ0n) is 19.5. The van der Waals surface area contributed by atoms with E-state index in [-0.39, 0.29) is 23.5 Å². The Morgan fingerprint density at radius 3 is 2.09 bits per heavy atom. The monoisotopic (exact) mass is 455 g/mol. The highest BCUT2D eigenvalue weighted by atomic mass is 16.5. The molecule has 2 fully saturated rings. The Kier molecular flexibility index (Phi) is 7.20. The van der Waals surface area contributed by atoms with E-state index in [2.05, 4.69) is 4.99 Å². The summed E-state index contributed by atoms with van der Waals surface area (Å²) in [5, 5.41) is 11.1. The fourth-order valence-corrected chi connectivity index (χ4v) is 5.12. The van der Waals surface area contributed by atoms with Crippen LogP contribution in [-0.2, 0) is 0 Å². The first-order chi connectivity index (χ1) is 16.0. The van der Waals surface area contributed by atoms with Crippen LogP contribution >= 0.6 is 0 Å². The molecule has 0 bridgehead atoms. The molecule has 4 rings (SSSR count). The van der Waals surface area contributed by atoms with Crippen LogP contribution in [0.3, 0.4) is 0 Å². The molecule has 1 N–H and O–H groups in total. The molecule has 0 amide bonds. The quantitative estimate of drug-likeness (QED) is 0.648. The first-order valence-corrected chi connectivity index (χ1v) is 11.9. The molecule has 2 saturated carbocycles. The maximum atomic E-state index is 13.5. The van der Waals surface area contributed by atoms with Gasteiger partial charge in [-0.3, -0.25) is 18.9 Å². The molecule has 1 aromatic heterocycles. The second-order valence-corrected chi connectivity index (χ2v) is 8.94. The van der Waals surface area contributed by atoms with Gasteiger partial charge in [-0.15, -0.1) is 0 Å². The molecule has 0 saturated heterocycles. The summed E-state index contributed by atoms with van der Waals surface area (Å²) in [4.78, 5) is 31.4. The number of aliphatic imine (C=N–C) groups is 1. The van der Waals surface area contributed by atoms with Gasteiger partial charge in [0.1, 0.15) is 22.7 Å². The van der Waals surface area contributed by atoms with Crippen molar-refractivity contribution in [3.8, 4) is 17.4 Å². The zero-order valence-corrected chi connectivity index (χ0v) is 19.5. The fourth-order valence-electron chi connectivity index (χ4n) is 5.12. The summed E-state index contributed by atoms with van der Waals surface area (Å²) >= 11 is 0. The van der Waals surface area contributed by atoms with Crippen molar-refractivity contribution in [2.75, 3.05) is 14.2 Å². The molecule has 2 aromatic rings. The third kappa shape index (κ3) is 4.70. The molecule has 178 valence electrons. The number of hydrogen-bond acceptors (Lipinski definition) is 6. The Hall–Kier alpha value is -3.03. The minimum absolute atomic E-state index is 0.0450. The lowest BCUT2D eigenvalue weighted by molar-refractivity contribution is 0.271. The lowest BCUT2D eigenvalue weighted by Gasteiger charge is -2.29. The maximum absolute atomic E-state index is 13.5. The van der Waals surface area contributed by atoms with Crippen LogP contribution in [0, 0.1) is 0 Å². The van der Waals surface area contributed by atoms with Gasteiger partial charge >= 0.3 is 5.69 Å². The lowest BCUT2D eigenvalue weighted by atomic mass is 9.94. The molecule has 0 unspecified atom stereocenters. The largest absolute Gasteiger partial charge is 0.497 e. The molecule has 0 aliphatic heterocycles. The highest BCUT2D eigenvalue weighted by Crippen LogP contribution is 2.33. The van der Waals surface area contributed by atoms with Gasteiger partial charge in [-0.1, -0.05) is 38.5 Å². The van der Waals surface area contributed by atoms with Gasteiger partial charge in [0.2, 0.25) is 5.88 Å². The number of hydrogen-bond donors (Lipinski definition) is 1. The van der Waals surface area contributed by atoms with Crippen LogP contribution in [-0.4, -0.2) is 34.7 Å². The van der Waals surface area contributed by atoms with E-state index in [9.17, 15) is 14.7 Å². The van der Waals surface area contributed by atoms with E-state index >= 15 is 0 Å². The molecule has 33 heavy (non-hydrogen) atoms. The van der Waals surface area contributed by atoms with Crippen LogP contribution in [0.1, 0.15) is 81.9 Å². The number of aromatic hydroxyl groups is 1. The fraction of sp³-hybridized carbons (Fsp3) is 0.560. The van der Waals surface area contributed by atoms with Gasteiger partial charge in [0.05, 0.1) is 14.2 Å². The summed E-state index contributed by atoms with van der Waals surface area (Å²) < 4.78 is 13.4. The van der Waals surface area contributed by atoms with Crippen molar-refractivity contribution < 1.29 is 14.6 Å². The second kappa shape index (κ2) is 10.3. The normalized spacial score (nSPS) is 18.0. The number of methoxy groups -OCH3 is 2. The number of aromatic nitrogens is 2. The lowest BCUT2D eigenvalue weighted by Crippen LogP contribution is -2.45. The molecule has 1 aromatic carbocycles. The Morgan fingerprint density at radius 2 is 1.52 bits per heavy atom. The molecular formula is C25H33N3O5. The third-order valence-corrected chi connectivity index (χ3v) is 6.93. The van der Waals surface area contributed by atoms with Crippen molar-refractivity contribution in [2.24, 2.45) is 4.99 Å². The zero-order chi connectivity index (χ0) is 23.4. The first kappa shape index (κ1) is 23.1. The van der Waals surface area contributed by atoms with Gasteiger partial charge in [-0.25, -0.2) is 4.79 Å². The van der Waals surface area contributed by atoms with E-state index in [1.54, 1.807) is 25.3 Å². The number of rotatable bonds is 6. The molecular weight excluding hydrogens is 422 g/mol. The van der Waals surface area contributed by atoms with E-state index in [1.165, 1.54) is 22.5 Å². The van der Waals surface area contributed by atoms with E-state index in [4.69, 9.17) is 9.47 Å². The van der Waals surface area contributed by atoms with Crippen LogP contribution in [0.4, 0.5) is 5.69 Å². The average molecular weight is 456 g/mol. The van der Waals surface area contributed by atoms with Crippen molar-refractivity contribution in [1.82, 2.24) is 9.13 Å². The van der Waals surface area contributed by atoms with E-state index in [0.29, 0.717) is 17.2 Å². The maximum Gasteiger partial charge on any atom is 0.334 e. The minimum atomic E-state index is -0.479. The Balaban J connectivity index is 1.84. The molecule has 0 spiro atoms. The van der Waals surface area contributed by atoms with Crippen LogP contribution in [0.2, 0.25) is 0 Å². The van der Waals surface area contributed by atoms with Crippen molar-refractivity contribution in [1.29, 1.82) is 0 Å². The van der Waals surface area contributed by atoms with Crippen LogP contribution in [0.15, 0.2) is 32.8 Å². The summed E-state index contributed by atoms with van der Waals surface area (Å²) in [5.74, 6) is 0.817. The second-order valence-electron chi connectivity index (χ2n) is 8.94. The Bertz CT molecular complexity index is 1120. The van der Waals surface area contributed by atoms with Gasteiger partial charge in [-0.05, 0) is 37.8 Å². The molecule has 8 heteroatoms. The number of ether oxygens (including phenoxy) is 2. The summed E-state index contributed by atoms with van der Waals surface area (Å²) in [7, 11) is 3.10. The molecule has 2 aliphatic carbocycles. The topological polar surface area (TPSA) is 95.0 Å². The van der Waals surface area contributed by atoms with Gasteiger partial charge in [0.25, 0.3) is 5.56 Å². The van der Waals surface area contributed by atoms with Gasteiger partial charge in [0.15, 0.2) is 0 Å². The van der Waals surface area contributed by atoms with Crippen LogP contribution in [0.5, 0.6) is 17.4 Å². The molecule has 0 radical (unpaired) electrons. The summed E-state index contributed by atoms with van der Waals surface area (Å²) in [6.45, 7) is 0. The smallest absolute Gasteiger partial charge is 0.334 e. The standard InChI is InChI=1S/C25H33N3O5/c1-32-19-13-14-21(22(15-19)33-2)26-16-20-23(29)27(17-9-5-3-6-10-17)25(31)28(24(20)30)18-11-7-4-8-12-18/h13-18,29H,3-12H2,1-2H3. The minimum Gasteiger partial charge on any atom is -0.497 e. The predicted molar refractivity (Wildman–Crippen MR) is 128 cm³/mol. The molecule has 0 atom stereocenters. The predicted octanol–water partition coefficient (Wildman–Crippen LogP) is 4.49. The summed E-state index contributed by atoms with van der Waals surface area (Å²) in [5.41, 5.74) is -0.330. The van der Waals surface area contributed by atoms with Gasteiger partial charge < -0.3 is 14.6 Å². The SMILES string of the molecule is COc1ccc(N=Cc2c(O)n(C3CCCCC3)c(=O)n(C3CCCCC3)c2=O)c(OC)c1. The summed E-state index contributed by atoms with van der Waals surface area (Å²) in [6, 6.07) is 4.93. The van der Waals surface area contributed by atoms with Crippen LogP contribution < -0.4 is 20.7 Å². The van der Waals surface area contributed by atoms with Crippen molar-refractivity contribution in [2.45, 2.75) is 76.3 Å². The molecule has 8 nitrogen and oxygen atoms in total. The first-order valence-electron chi connectivity index (χ1n) is 11.9. The van der Waals surface area contributed by atoms with E-state index in [0.717, 1.165) is 64.2 Å². The number of benzene rings is 1. The van der Waals surface area contributed by atoms with E-state index < -0.39 is 11.2 Å². The Labute approximate surface area is 193 Å². The van der Waals surface area contributed by atoms with Crippen LogP contribution in [0.25, 0.3) is 0 Å².